The molecule has 0 aliphatic carbocycles. The molecule has 0 bridgehead atoms. The van der Waals surface area contributed by atoms with E-state index in [1.807, 2.05) is 135 Å². The Hall–Kier alpha value is -4.20. The molecule has 0 saturated carbocycles. The highest BCUT2D eigenvalue weighted by Crippen LogP contribution is 2.44. The highest BCUT2D eigenvalue weighted by molar-refractivity contribution is 8.01. The molecule has 1 N–H and O–H groups in total. The zero-order chi connectivity index (χ0) is 30.7. The number of amides is 2. The van der Waals surface area contributed by atoms with Crippen LogP contribution in [0.15, 0.2) is 121 Å². The lowest BCUT2D eigenvalue weighted by atomic mass is 9.67. The number of hydrogen-bond acceptors (Lipinski definition) is 6. The summed E-state index contributed by atoms with van der Waals surface area (Å²) < 4.78 is 5.66. The largest absolute Gasteiger partial charge is 0.451 e. The second-order valence-electron chi connectivity index (χ2n) is 12.0. The molecule has 6 nitrogen and oxygen atoms in total. The van der Waals surface area contributed by atoms with Crippen molar-refractivity contribution in [2.24, 2.45) is 0 Å². The van der Waals surface area contributed by atoms with Crippen molar-refractivity contribution < 1.29 is 19.1 Å². The smallest absolute Gasteiger partial charge is 0.325 e. The van der Waals surface area contributed by atoms with Crippen molar-refractivity contribution in [3.63, 3.8) is 0 Å². The van der Waals surface area contributed by atoms with E-state index < -0.39 is 22.3 Å². The van der Waals surface area contributed by atoms with Crippen LogP contribution in [0.2, 0.25) is 0 Å². The molecular formula is C37H36N2O4S. The number of esters is 1. The van der Waals surface area contributed by atoms with E-state index in [-0.39, 0.29) is 42.5 Å². The van der Waals surface area contributed by atoms with Crippen LogP contribution in [-0.2, 0) is 24.5 Å². The van der Waals surface area contributed by atoms with E-state index in [1.54, 1.807) is 11.8 Å². The van der Waals surface area contributed by atoms with E-state index in [0.29, 0.717) is 0 Å². The standard InChI is InChI=1S/C37H36N2O4S/c1-36(2)34(35(42)43-33(26-15-7-3-8-16-26)27-17-9-4-10-18-27)38-30(44-36)25-39-31(40)23-37(24-32(39)41,28-19-11-5-12-20-28)29-21-13-6-14-22-29/h3-22,30,33-34,38H,23-25H2,1-2H3/t30?,34-/m0/s1. The number of thioether (sulfide) groups is 1. The molecule has 7 heteroatoms. The van der Waals surface area contributed by atoms with Crippen LogP contribution in [0.1, 0.15) is 55.0 Å². The summed E-state index contributed by atoms with van der Waals surface area (Å²) in [6, 6.07) is 38.4. The van der Waals surface area contributed by atoms with Gasteiger partial charge in [0, 0.05) is 23.0 Å². The predicted molar refractivity (Wildman–Crippen MR) is 173 cm³/mol. The molecular weight excluding hydrogens is 568 g/mol. The fourth-order valence-electron chi connectivity index (χ4n) is 6.43. The lowest BCUT2D eigenvalue weighted by Gasteiger charge is -2.41. The molecule has 0 radical (unpaired) electrons. The van der Waals surface area contributed by atoms with Crippen molar-refractivity contribution in [1.29, 1.82) is 0 Å². The van der Waals surface area contributed by atoms with Crippen molar-refractivity contribution in [3.05, 3.63) is 144 Å². The molecule has 1 unspecified atom stereocenters. The van der Waals surface area contributed by atoms with Crippen molar-refractivity contribution >= 4 is 29.5 Å². The zero-order valence-electron chi connectivity index (χ0n) is 24.9. The third kappa shape index (κ3) is 5.94. The Labute approximate surface area is 262 Å². The van der Waals surface area contributed by atoms with Crippen molar-refractivity contribution in [3.8, 4) is 0 Å². The van der Waals surface area contributed by atoms with Gasteiger partial charge in [0.1, 0.15) is 6.04 Å². The van der Waals surface area contributed by atoms with Gasteiger partial charge < -0.3 is 4.74 Å². The fourth-order valence-corrected chi connectivity index (χ4v) is 7.89. The number of hydrogen-bond donors (Lipinski definition) is 1. The molecule has 0 spiro atoms. The summed E-state index contributed by atoms with van der Waals surface area (Å²) in [4.78, 5) is 42.6. The summed E-state index contributed by atoms with van der Waals surface area (Å²) in [6.45, 7) is 4.16. The average Bonchev–Trinajstić information content (AvgIpc) is 3.36. The van der Waals surface area contributed by atoms with Gasteiger partial charge in [0.25, 0.3) is 0 Å². The minimum atomic E-state index is -0.723. The van der Waals surface area contributed by atoms with Gasteiger partial charge in [-0.05, 0) is 36.1 Å². The normalized spacial score (nSPS) is 20.9. The van der Waals surface area contributed by atoms with Crippen molar-refractivity contribution in [2.45, 2.75) is 54.4 Å². The van der Waals surface area contributed by atoms with E-state index in [0.717, 1.165) is 22.3 Å². The van der Waals surface area contributed by atoms with Gasteiger partial charge in [0.15, 0.2) is 6.10 Å². The van der Waals surface area contributed by atoms with Crippen LogP contribution in [-0.4, -0.2) is 45.4 Å². The Morgan fingerprint density at radius 2 is 1.20 bits per heavy atom. The van der Waals surface area contributed by atoms with E-state index in [4.69, 9.17) is 4.74 Å². The molecule has 44 heavy (non-hydrogen) atoms. The molecule has 2 aliphatic rings. The van der Waals surface area contributed by atoms with Gasteiger partial charge in [-0.15, -0.1) is 11.8 Å². The number of ether oxygens (including phenoxy) is 1. The molecule has 2 heterocycles. The van der Waals surface area contributed by atoms with Gasteiger partial charge in [-0.2, -0.15) is 0 Å². The number of benzene rings is 4. The number of rotatable bonds is 8. The van der Waals surface area contributed by atoms with Crippen molar-refractivity contribution in [1.82, 2.24) is 10.2 Å². The number of carbonyl (C=O) groups is 3. The van der Waals surface area contributed by atoms with Gasteiger partial charge >= 0.3 is 5.97 Å². The van der Waals surface area contributed by atoms with Crippen LogP contribution in [0.3, 0.4) is 0 Å². The molecule has 0 aromatic heterocycles. The van der Waals surface area contributed by atoms with Gasteiger partial charge in [-0.1, -0.05) is 121 Å². The van der Waals surface area contributed by atoms with Crippen LogP contribution >= 0.6 is 11.8 Å². The number of piperidine rings is 1. The lowest BCUT2D eigenvalue weighted by Crippen LogP contribution is -2.54. The van der Waals surface area contributed by atoms with E-state index in [2.05, 4.69) is 5.32 Å². The van der Waals surface area contributed by atoms with Crippen LogP contribution in [0.25, 0.3) is 0 Å². The van der Waals surface area contributed by atoms with Crippen molar-refractivity contribution in [2.75, 3.05) is 6.54 Å². The second kappa shape index (κ2) is 12.4. The zero-order valence-corrected chi connectivity index (χ0v) is 25.7. The Balaban J connectivity index is 1.19. The molecule has 2 aliphatic heterocycles. The second-order valence-corrected chi connectivity index (χ2v) is 13.9. The van der Waals surface area contributed by atoms with Crippen LogP contribution in [0.5, 0.6) is 0 Å². The van der Waals surface area contributed by atoms with Crippen LogP contribution in [0, 0.1) is 0 Å². The first-order valence-corrected chi connectivity index (χ1v) is 15.8. The van der Waals surface area contributed by atoms with Gasteiger partial charge in [0.2, 0.25) is 11.8 Å². The van der Waals surface area contributed by atoms with E-state index >= 15 is 0 Å². The third-order valence-electron chi connectivity index (χ3n) is 8.68. The summed E-state index contributed by atoms with van der Waals surface area (Å²) in [5.41, 5.74) is 2.96. The number of likely N-dealkylation sites (tertiary alicyclic amines) is 1. The highest BCUT2D eigenvalue weighted by atomic mass is 32.2. The summed E-state index contributed by atoms with van der Waals surface area (Å²) in [5.74, 6) is -0.798. The Morgan fingerprint density at radius 3 is 1.66 bits per heavy atom. The quantitative estimate of drug-likeness (QED) is 0.189. The lowest BCUT2D eigenvalue weighted by molar-refractivity contribution is -0.150. The summed E-state index contributed by atoms with van der Waals surface area (Å²) >= 11 is 1.56. The van der Waals surface area contributed by atoms with Gasteiger partial charge in [-0.3, -0.25) is 24.6 Å². The predicted octanol–water partition coefficient (Wildman–Crippen LogP) is 6.26. The molecule has 4 aromatic carbocycles. The van der Waals surface area contributed by atoms with E-state index in [9.17, 15) is 14.4 Å². The van der Waals surface area contributed by atoms with Crippen LogP contribution in [0.4, 0.5) is 0 Å². The topological polar surface area (TPSA) is 75.7 Å². The highest BCUT2D eigenvalue weighted by Gasteiger charge is 2.50. The molecule has 6 rings (SSSR count). The molecule has 4 aromatic rings. The first kappa shape index (κ1) is 29.9. The number of nitrogens with one attached hydrogen (secondary N) is 1. The summed E-state index contributed by atoms with van der Waals surface area (Å²) in [5, 5.41) is 3.09. The Morgan fingerprint density at radius 1 is 0.773 bits per heavy atom. The molecule has 2 amide bonds. The fraction of sp³-hybridized carbons (Fsp3) is 0.270. The first-order chi connectivity index (χ1) is 21.3. The van der Waals surface area contributed by atoms with E-state index in [1.165, 1.54) is 4.90 Å². The Bertz CT molecular complexity index is 1510. The molecule has 2 saturated heterocycles. The monoisotopic (exact) mass is 604 g/mol. The average molecular weight is 605 g/mol. The maximum absolute atomic E-state index is 13.8. The Kier molecular flexibility index (Phi) is 8.43. The molecule has 2 fully saturated rings. The molecule has 224 valence electrons. The van der Waals surface area contributed by atoms with Gasteiger partial charge in [-0.25, -0.2) is 0 Å². The summed E-state index contributed by atoms with van der Waals surface area (Å²) in [7, 11) is 0. The summed E-state index contributed by atoms with van der Waals surface area (Å²) in [6.07, 6.45) is -0.176. The maximum atomic E-state index is 13.8. The number of nitrogens with zero attached hydrogens (tertiary/aromatic N) is 1. The number of carbonyl (C=O) groups excluding carboxylic acids is 3. The molecule has 2 atom stereocenters. The number of imide groups is 1. The minimum Gasteiger partial charge on any atom is -0.451 e. The third-order valence-corrected chi connectivity index (χ3v) is 10.1. The maximum Gasteiger partial charge on any atom is 0.325 e. The SMILES string of the molecule is CC1(C)SC(CN2C(=O)CC(c3ccccc3)(c3ccccc3)CC2=O)N[C@H]1C(=O)OC(c1ccccc1)c1ccccc1. The first-order valence-electron chi connectivity index (χ1n) is 15.0. The van der Waals surface area contributed by atoms with Crippen LogP contribution < -0.4 is 5.32 Å². The van der Waals surface area contributed by atoms with Gasteiger partial charge in [0.05, 0.1) is 11.9 Å². The minimum absolute atomic E-state index is 0.177.